The monoisotopic (exact) mass is 252 g/mol. The maximum absolute atomic E-state index is 10.8. The van der Waals surface area contributed by atoms with Crippen molar-refractivity contribution in [3.63, 3.8) is 0 Å². The number of halogens is 1. The van der Waals surface area contributed by atoms with Gasteiger partial charge in [0, 0.05) is 18.1 Å². The zero-order valence-corrected chi connectivity index (χ0v) is 9.86. The molecule has 0 unspecified atom stereocenters. The van der Waals surface area contributed by atoms with E-state index in [0.29, 0.717) is 15.9 Å². The highest BCUT2D eigenvalue weighted by molar-refractivity contribution is 8.00. The van der Waals surface area contributed by atoms with Gasteiger partial charge in [-0.15, -0.1) is 11.8 Å². The molecule has 0 amide bonds. The molecular weight excluding hydrogens is 244 g/mol. The van der Waals surface area contributed by atoms with Crippen LogP contribution in [0, 0.1) is 0 Å². The van der Waals surface area contributed by atoms with Gasteiger partial charge in [-0.2, -0.15) is 0 Å². The summed E-state index contributed by atoms with van der Waals surface area (Å²) in [5, 5.41) is 1.05. The molecule has 14 heavy (non-hydrogen) atoms. The average molecular weight is 253 g/mol. The van der Waals surface area contributed by atoms with Gasteiger partial charge in [-0.1, -0.05) is 11.6 Å². The topological polar surface area (TPSA) is 59.9 Å². The highest BCUT2D eigenvalue weighted by Crippen LogP contribution is 2.17. The van der Waals surface area contributed by atoms with E-state index in [-0.39, 0.29) is 5.75 Å². The average Bonchev–Trinajstić information content (AvgIpc) is 2.01. The summed E-state index contributed by atoms with van der Waals surface area (Å²) < 4.78 is 21.6. The molecule has 0 atom stereocenters. The van der Waals surface area contributed by atoms with Gasteiger partial charge in [0.1, 0.15) is 26.3 Å². The molecule has 0 fully saturated rings. The summed E-state index contributed by atoms with van der Waals surface area (Å²) in [6, 6.07) is 1.61. The molecule has 0 saturated heterocycles. The van der Waals surface area contributed by atoms with Crippen LogP contribution in [-0.2, 0) is 9.84 Å². The molecule has 0 aliphatic rings. The summed E-state index contributed by atoms with van der Waals surface area (Å²) in [7, 11) is -2.90. The molecule has 4 nitrogen and oxygen atoms in total. The van der Waals surface area contributed by atoms with Crippen LogP contribution in [0.1, 0.15) is 0 Å². The van der Waals surface area contributed by atoms with Crippen LogP contribution in [0.3, 0.4) is 0 Å². The van der Waals surface area contributed by atoms with Crippen molar-refractivity contribution in [2.24, 2.45) is 0 Å². The van der Waals surface area contributed by atoms with Crippen molar-refractivity contribution >= 4 is 33.2 Å². The second-order valence-corrected chi connectivity index (χ2v) is 6.42. The molecular formula is C7H9ClN2O2S2. The van der Waals surface area contributed by atoms with E-state index in [0.717, 1.165) is 0 Å². The van der Waals surface area contributed by atoms with Crippen LogP contribution in [0.25, 0.3) is 0 Å². The standard InChI is InChI=1S/C7H9ClN2O2S2/c1-14(11,12)3-2-13-7-4-6(8)9-5-10-7/h4-5H,2-3H2,1H3. The van der Waals surface area contributed by atoms with Gasteiger partial charge in [-0.3, -0.25) is 0 Å². The number of thioether (sulfide) groups is 1. The zero-order valence-electron chi connectivity index (χ0n) is 7.47. The number of aromatic nitrogens is 2. The van der Waals surface area contributed by atoms with Crippen LogP contribution in [0.5, 0.6) is 0 Å². The summed E-state index contributed by atoms with van der Waals surface area (Å²) in [6.07, 6.45) is 2.56. The Labute approximate surface area is 92.0 Å². The molecule has 7 heteroatoms. The highest BCUT2D eigenvalue weighted by Gasteiger charge is 2.03. The zero-order chi connectivity index (χ0) is 10.6. The van der Waals surface area contributed by atoms with Crippen molar-refractivity contribution < 1.29 is 8.42 Å². The van der Waals surface area contributed by atoms with E-state index in [4.69, 9.17) is 11.6 Å². The number of nitrogens with zero attached hydrogens (tertiary/aromatic N) is 2. The Morgan fingerprint density at radius 3 is 2.79 bits per heavy atom. The van der Waals surface area contributed by atoms with Gasteiger partial charge < -0.3 is 0 Å². The smallest absolute Gasteiger partial charge is 0.148 e. The molecule has 1 heterocycles. The molecule has 0 aliphatic carbocycles. The summed E-state index contributed by atoms with van der Waals surface area (Å²) in [6.45, 7) is 0. The second-order valence-electron chi connectivity index (χ2n) is 2.66. The molecule has 1 aromatic rings. The quantitative estimate of drug-likeness (QED) is 0.597. The van der Waals surface area contributed by atoms with E-state index < -0.39 is 9.84 Å². The van der Waals surface area contributed by atoms with Crippen LogP contribution in [0.2, 0.25) is 5.15 Å². The summed E-state index contributed by atoms with van der Waals surface area (Å²) in [5.41, 5.74) is 0. The van der Waals surface area contributed by atoms with Crippen LogP contribution in [0.15, 0.2) is 17.4 Å². The summed E-state index contributed by atoms with van der Waals surface area (Å²) >= 11 is 6.98. The first-order valence-corrected chi connectivity index (χ1v) is 7.18. The Hall–Kier alpha value is -0.330. The maximum atomic E-state index is 10.8. The molecule has 0 spiro atoms. The lowest BCUT2D eigenvalue weighted by molar-refractivity contribution is 0.603. The van der Waals surface area contributed by atoms with Crippen molar-refractivity contribution in [3.05, 3.63) is 17.5 Å². The first-order valence-electron chi connectivity index (χ1n) is 3.75. The molecule has 0 aliphatic heterocycles. The van der Waals surface area contributed by atoms with Gasteiger partial charge in [0.05, 0.1) is 5.75 Å². The van der Waals surface area contributed by atoms with Crippen LogP contribution >= 0.6 is 23.4 Å². The van der Waals surface area contributed by atoms with E-state index in [9.17, 15) is 8.42 Å². The number of rotatable bonds is 4. The Kier molecular flexibility index (Phi) is 4.15. The van der Waals surface area contributed by atoms with E-state index in [1.807, 2.05) is 0 Å². The highest BCUT2D eigenvalue weighted by atomic mass is 35.5. The van der Waals surface area contributed by atoms with Crippen molar-refractivity contribution in [2.75, 3.05) is 17.8 Å². The minimum absolute atomic E-state index is 0.138. The predicted molar refractivity (Wildman–Crippen MR) is 57.5 cm³/mol. The largest absolute Gasteiger partial charge is 0.230 e. The third-order valence-electron chi connectivity index (χ3n) is 1.31. The molecule has 0 bridgehead atoms. The first kappa shape index (κ1) is 11.7. The number of sulfone groups is 1. The normalized spacial score (nSPS) is 11.6. The van der Waals surface area contributed by atoms with E-state index in [1.54, 1.807) is 6.07 Å². The minimum atomic E-state index is -2.90. The Balaban J connectivity index is 2.47. The molecule has 78 valence electrons. The molecule has 0 saturated carbocycles. The molecule has 0 aromatic carbocycles. The Morgan fingerprint density at radius 1 is 1.50 bits per heavy atom. The third-order valence-corrected chi connectivity index (χ3v) is 3.65. The van der Waals surface area contributed by atoms with E-state index in [2.05, 4.69) is 9.97 Å². The van der Waals surface area contributed by atoms with Crippen molar-refractivity contribution in [1.29, 1.82) is 0 Å². The molecule has 0 N–H and O–H groups in total. The van der Waals surface area contributed by atoms with Gasteiger partial charge in [-0.25, -0.2) is 18.4 Å². The van der Waals surface area contributed by atoms with Gasteiger partial charge in [0.25, 0.3) is 0 Å². The fraction of sp³-hybridized carbons (Fsp3) is 0.429. The molecule has 1 aromatic heterocycles. The lowest BCUT2D eigenvalue weighted by Crippen LogP contribution is -2.05. The molecule has 0 radical (unpaired) electrons. The third kappa shape index (κ3) is 4.78. The number of hydrogen-bond donors (Lipinski definition) is 0. The first-order chi connectivity index (χ1) is 6.47. The van der Waals surface area contributed by atoms with Crippen molar-refractivity contribution in [3.8, 4) is 0 Å². The van der Waals surface area contributed by atoms with Crippen LogP contribution in [-0.4, -0.2) is 36.1 Å². The van der Waals surface area contributed by atoms with Gasteiger partial charge in [0.2, 0.25) is 0 Å². The lowest BCUT2D eigenvalue weighted by atomic mass is 10.7. The summed E-state index contributed by atoms with van der Waals surface area (Å²) in [5.74, 6) is 0.617. The Morgan fingerprint density at radius 2 is 2.21 bits per heavy atom. The van der Waals surface area contributed by atoms with Crippen LogP contribution in [0.4, 0.5) is 0 Å². The fourth-order valence-electron chi connectivity index (χ4n) is 0.694. The second kappa shape index (κ2) is 4.95. The summed E-state index contributed by atoms with van der Waals surface area (Å²) in [4.78, 5) is 7.65. The molecule has 1 rings (SSSR count). The van der Waals surface area contributed by atoms with E-state index >= 15 is 0 Å². The fourth-order valence-corrected chi connectivity index (χ4v) is 2.98. The van der Waals surface area contributed by atoms with Gasteiger partial charge >= 0.3 is 0 Å². The minimum Gasteiger partial charge on any atom is -0.230 e. The SMILES string of the molecule is CS(=O)(=O)CCSc1cc(Cl)ncn1. The predicted octanol–water partition coefficient (Wildman–Crippen LogP) is 1.27. The van der Waals surface area contributed by atoms with Gasteiger partial charge in [0.15, 0.2) is 0 Å². The van der Waals surface area contributed by atoms with Gasteiger partial charge in [-0.05, 0) is 0 Å². The maximum Gasteiger partial charge on any atom is 0.148 e. The lowest BCUT2D eigenvalue weighted by Gasteiger charge is -1.99. The number of hydrogen-bond acceptors (Lipinski definition) is 5. The van der Waals surface area contributed by atoms with Crippen molar-refractivity contribution in [2.45, 2.75) is 5.03 Å². The Bertz CT molecular complexity index is 408. The van der Waals surface area contributed by atoms with E-state index in [1.165, 1.54) is 24.3 Å². The van der Waals surface area contributed by atoms with Crippen LogP contribution < -0.4 is 0 Å². The van der Waals surface area contributed by atoms with Crippen molar-refractivity contribution in [1.82, 2.24) is 9.97 Å².